The van der Waals surface area contributed by atoms with E-state index < -0.39 is 17.1 Å². The Bertz CT molecular complexity index is 519. The molecule has 6 heteroatoms. The van der Waals surface area contributed by atoms with Crippen molar-refractivity contribution in [2.75, 3.05) is 12.4 Å². The van der Waals surface area contributed by atoms with Gasteiger partial charge in [0, 0.05) is 15.8 Å². The standard InChI is InChI=1S/C13H12Cl2O3S/c1-2-18-13(17)9-6-19-12(11(9)16)8-5-7(14)3-4-10(8)15/h3-5,9,12H,2,6H2,1H3. The third kappa shape index (κ3) is 3.07. The lowest BCUT2D eigenvalue weighted by atomic mass is 9.99. The molecule has 102 valence electrons. The zero-order valence-electron chi connectivity index (χ0n) is 10.2. The number of carbonyl (C=O) groups excluding carboxylic acids is 2. The largest absolute Gasteiger partial charge is 0.465 e. The normalized spacial score (nSPS) is 22.6. The lowest BCUT2D eigenvalue weighted by Gasteiger charge is -2.11. The topological polar surface area (TPSA) is 43.4 Å². The Balaban J connectivity index is 2.22. The number of carbonyl (C=O) groups is 2. The number of ketones is 1. The molecule has 0 saturated carbocycles. The molecule has 2 unspecified atom stereocenters. The molecule has 0 amide bonds. The Labute approximate surface area is 125 Å². The molecule has 1 saturated heterocycles. The van der Waals surface area contributed by atoms with E-state index in [0.717, 1.165) is 0 Å². The molecule has 3 nitrogen and oxygen atoms in total. The fraction of sp³-hybridized carbons (Fsp3) is 0.385. The summed E-state index contributed by atoms with van der Waals surface area (Å²) in [7, 11) is 0. The zero-order chi connectivity index (χ0) is 14.0. The van der Waals surface area contributed by atoms with Gasteiger partial charge in [-0.05, 0) is 30.7 Å². The molecular formula is C13H12Cl2O3S. The number of hydrogen-bond donors (Lipinski definition) is 0. The fourth-order valence-corrected chi connectivity index (χ4v) is 3.79. The number of benzene rings is 1. The summed E-state index contributed by atoms with van der Waals surface area (Å²) in [4.78, 5) is 23.9. The van der Waals surface area contributed by atoms with Gasteiger partial charge in [0.25, 0.3) is 0 Å². The van der Waals surface area contributed by atoms with Gasteiger partial charge in [0.05, 0.1) is 11.9 Å². The van der Waals surface area contributed by atoms with Gasteiger partial charge in [-0.3, -0.25) is 9.59 Å². The zero-order valence-corrected chi connectivity index (χ0v) is 12.5. The highest BCUT2D eigenvalue weighted by Gasteiger charge is 2.41. The van der Waals surface area contributed by atoms with Crippen molar-refractivity contribution in [1.82, 2.24) is 0 Å². The van der Waals surface area contributed by atoms with Gasteiger partial charge in [-0.25, -0.2) is 0 Å². The molecule has 1 aromatic rings. The number of rotatable bonds is 3. The van der Waals surface area contributed by atoms with Crippen LogP contribution in [0.25, 0.3) is 0 Å². The van der Waals surface area contributed by atoms with E-state index in [2.05, 4.69) is 0 Å². The third-order valence-corrected chi connectivity index (χ3v) is 4.77. The molecule has 1 heterocycles. The van der Waals surface area contributed by atoms with E-state index in [9.17, 15) is 9.59 Å². The highest BCUT2D eigenvalue weighted by Crippen LogP contribution is 2.43. The van der Waals surface area contributed by atoms with Gasteiger partial charge >= 0.3 is 5.97 Å². The molecule has 0 N–H and O–H groups in total. The summed E-state index contributed by atoms with van der Waals surface area (Å²) < 4.78 is 4.90. The molecule has 19 heavy (non-hydrogen) atoms. The number of Topliss-reactive ketones (excluding diaryl/α,β-unsaturated/α-hetero) is 1. The van der Waals surface area contributed by atoms with E-state index in [-0.39, 0.29) is 12.4 Å². The smallest absolute Gasteiger partial charge is 0.317 e. The maximum absolute atomic E-state index is 12.3. The molecule has 2 atom stereocenters. The van der Waals surface area contributed by atoms with E-state index in [4.69, 9.17) is 27.9 Å². The third-order valence-electron chi connectivity index (χ3n) is 2.84. The van der Waals surface area contributed by atoms with Crippen molar-refractivity contribution >= 4 is 46.7 Å². The van der Waals surface area contributed by atoms with Gasteiger partial charge in [0.15, 0.2) is 5.78 Å². The van der Waals surface area contributed by atoms with Crippen LogP contribution in [-0.4, -0.2) is 24.1 Å². The van der Waals surface area contributed by atoms with Crippen LogP contribution >= 0.6 is 35.0 Å². The molecular weight excluding hydrogens is 307 g/mol. The van der Waals surface area contributed by atoms with Gasteiger partial charge in [0.1, 0.15) is 5.92 Å². The first-order valence-corrected chi connectivity index (χ1v) is 7.62. The van der Waals surface area contributed by atoms with E-state index in [1.807, 2.05) is 0 Å². The molecule has 0 aromatic heterocycles. The minimum atomic E-state index is -0.704. The van der Waals surface area contributed by atoms with Crippen molar-refractivity contribution in [3.05, 3.63) is 33.8 Å². The highest BCUT2D eigenvalue weighted by atomic mass is 35.5. The van der Waals surface area contributed by atoms with Crippen LogP contribution in [0, 0.1) is 5.92 Å². The molecule has 1 fully saturated rings. The SMILES string of the molecule is CCOC(=O)C1CSC(c2cc(Cl)ccc2Cl)C1=O. The summed E-state index contributed by atoms with van der Waals surface area (Å²) in [5, 5.41) is 0.563. The number of esters is 1. The first kappa shape index (κ1) is 14.7. The average Bonchev–Trinajstić information content (AvgIpc) is 2.74. The Hall–Kier alpha value is -0.710. The Morgan fingerprint density at radius 1 is 1.47 bits per heavy atom. The van der Waals surface area contributed by atoms with Crippen LogP contribution in [0.1, 0.15) is 17.7 Å². The van der Waals surface area contributed by atoms with Crippen molar-refractivity contribution < 1.29 is 14.3 Å². The van der Waals surface area contributed by atoms with E-state index in [1.54, 1.807) is 25.1 Å². The minimum absolute atomic E-state index is 0.160. The number of ether oxygens (including phenoxy) is 1. The monoisotopic (exact) mass is 318 g/mol. The molecule has 2 rings (SSSR count). The van der Waals surface area contributed by atoms with Crippen molar-refractivity contribution in [3.63, 3.8) is 0 Å². The first-order valence-electron chi connectivity index (χ1n) is 5.81. The number of thioether (sulfide) groups is 1. The van der Waals surface area contributed by atoms with E-state index in [0.29, 0.717) is 21.4 Å². The van der Waals surface area contributed by atoms with Crippen LogP contribution in [0.5, 0.6) is 0 Å². The Morgan fingerprint density at radius 2 is 2.21 bits per heavy atom. The molecule has 0 spiro atoms. The average molecular weight is 319 g/mol. The maximum atomic E-state index is 12.3. The van der Waals surface area contributed by atoms with E-state index >= 15 is 0 Å². The Kier molecular flexibility index (Phi) is 4.76. The van der Waals surface area contributed by atoms with Crippen LogP contribution in [0.15, 0.2) is 18.2 Å². The minimum Gasteiger partial charge on any atom is -0.465 e. The van der Waals surface area contributed by atoms with Crippen molar-refractivity contribution in [3.8, 4) is 0 Å². The highest BCUT2D eigenvalue weighted by molar-refractivity contribution is 8.00. The Morgan fingerprint density at radius 3 is 2.89 bits per heavy atom. The second kappa shape index (κ2) is 6.16. The molecule has 1 aliphatic rings. The van der Waals surface area contributed by atoms with Crippen molar-refractivity contribution in [2.24, 2.45) is 5.92 Å². The van der Waals surface area contributed by atoms with Crippen LogP contribution in [0.3, 0.4) is 0 Å². The molecule has 0 aliphatic carbocycles. The lowest BCUT2D eigenvalue weighted by Crippen LogP contribution is -2.25. The summed E-state index contributed by atoms with van der Waals surface area (Å²) in [6.45, 7) is 1.99. The van der Waals surface area contributed by atoms with Gasteiger partial charge in [-0.2, -0.15) is 0 Å². The summed E-state index contributed by atoms with van der Waals surface area (Å²) >= 11 is 13.4. The van der Waals surface area contributed by atoms with Crippen molar-refractivity contribution in [1.29, 1.82) is 0 Å². The van der Waals surface area contributed by atoms with Crippen LogP contribution < -0.4 is 0 Å². The molecule has 0 bridgehead atoms. The van der Waals surface area contributed by atoms with Gasteiger partial charge in [0.2, 0.25) is 0 Å². The number of halogens is 2. The molecule has 1 aromatic carbocycles. The predicted octanol–water partition coefficient (Wildman–Crippen LogP) is 3.53. The summed E-state index contributed by atoms with van der Waals surface area (Å²) in [5.41, 5.74) is 0.663. The second-order valence-electron chi connectivity index (χ2n) is 4.09. The second-order valence-corrected chi connectivity index (χ2v) is 6.07. The van der Waals surface area contributed by atoms with Crippen LogP contribution in [0.2, 0.25) is 10.0 Å². The number of hydrogen-bond acceptors (Lipinski definition) is 4. The van der Waals surface area contributed by atoms with Crippen molar-refractivity contribution in [2.45, 2.75) is 12.2 Å². The van der Waals surface area contributed by atoms with Gasteiger partial charge < -0.3 is 4.74 Å². The first-order chi connectivity index (χ1) is 9.04. The fourth-order valence-electron chi connectivity index (χ4n) is 1.93. The summed E-state index contributed by atoms with van der Waals surface area (Å²) in [6, 6.07) is 5.00. The van der Waals surface area contributed by atoms with Crippen LogP contribution in [0.4, 0.5) is 0 Å². The van der Waals surface area contributed by atoms with Gasteiger partial charge in [-0.1, -0.05) is 23.2 Å². The quantitative estimate of drug-likeness (QED) is 0.631. The summed E-state index contributed by atoms with van der Waals surface area (Å²) in [6.07, 6.45) is 0. The van der Waals surface area contributed by atoms with Gasteiger partial charge in [-0.15, -0.1) is 11.8 Å². The molecule has 1 aliphatic heterocycles. The lowest BCUT2D eigenvalue weighted by molar-refractivity contribution is -0.150. The maximum Gasteiger partial charge on any atom is 0.317 e. The van der Waals surface area contributed by atoms with E-state index in [1.165, 1.54) is 11.8 Å². The van der Waals surface area contributed by atoms with Crippen LogP contribution in [-0.2, 0) is 14.3 Å². The molecule has 0 radical (unpaired) electrons. The predicted molar refractivity (Wildman–Crippen MR) is 76.8 cm³/mol. The summed E-state index contributed by atoms with van der Waals surface area (Å²) in [5.74, 6) is -0.899.